The number of rotatable bonds is 0. The molecule has 1 aliphatic rings. The first kappa shape index (κ1) is 14.5. The minimum absolute atomic E-state index is 0. The Kier molecular flexibility index (Phi) is 5.64. The van der Waals surface area contributed by atoms with Crippen LogP contribution in [-0.2, 0) is 0 Å². The van der Waals surface area contributed by atoms with Crippen molar-refractivity contribution in [3.05, 3.63) is 59.0 Å². The highest BCUT2D eigenvalue weighted by Crippen LogP contribution is 2.06. The Hall–Kier alpha value is -1.56. The van der Waals surface area contributed by atoms with Crippen molar-refractivity contribution in [2.75, 3.05) is 0 Å². The third kappa shape index (κ3) is 4.03. The van der Waals surface area contributed by atoms with Crippen LogP contribution in [0.1, 0.15) is 27.7 Å². The normalized spacial score (nSPS) is 30.1. The standard InChI is InChI=1S/C17H20.CH4/c1-14-7-3-4-8-16-9-5-6-10-17(16)13-15(2)12-11-14;/h3,5-15H,4H2,1-2H3;1H4/b7-3-,12-11-,16-8-,17-13-;. The molecule has 0 fully saturated rings. The number of benzene rings is 1. The van der Waals surface area contributed by atoms with Gasteiger partial charge in [0.2, 0.25) is 0 Å². The molecule has 1 aromatic rings. The van der Waals surface area contributed by atoms with Crippen molar-refractivity contribution in [2.45, 2.75) is 27.7 Å². The average molecular weight is 240 g/mol. The summed E-state index contributed by atoms with van der Waals surface area (Å²) >= 11 is 0. The molecule has 0 amide bonds. The Balaban J connectivity index is 0.00000162. The summed E-state index contributed by atoms with van der Waals surface area (Å²) in [6, 6.07) is 8.60. The summed E-state index contributed by atoms with van der Waals surface area (Å²) in [4.78, 5) is 0. The molecule has 0 N–H and O–H groups in total. The highest BCUT2D eigenvalue weighted by Gasteiger charge is 1.95. The van der Waals surface area contributed by atoms with Gasteiger partial charge in [-0.05, 0) is 28.7 Å². The topological polar surface area (TPSA) is 0 Å². The summed E-state index contributed by atoms with van der Waals surface area (Å²) in [7, 11) is 0. The molecule has 0 saturated heterocycles. The fraction of sp³-hybridized carbons (Fsp3) is 0.333. The maximum atomic E-state index is 2.33. The predicted octanol–water partition coefficient (Wildman–Crippen LogP) is 3.67. The molecule has 2 atom stereocenters. The van der Waals surface area contributed by atoms with Crippen molar-refractivity contribution >= 4 is 12.2 Å². The smallest absolute Gasteiger partial charge is 0.00725 e. The van der Waals surface area contributed by atoms with Crippen LogP contribution in [0, 0.1) is 11.8 Å². The first-order valence-electron chi connectivity index (χ1n) is 6.38. The van der Waals surface area contributed by atoms with Gasteiger partial charge in [-0.3, -0.25) is 0 Å². The molecule has 1 aliphatic carbocycles. The largest absolute Gasteiger partial charge is 0.0841 e. The average Bonchev–Trinajstić information content (AvgIpc) is 2.36. The Morgan fingerprint density at radius 1 is 0.889 bits per heavy atom. The van der Waals surface area contributed by atoms with Crippen molar-refractivity contribution in [2.24, 2.45) is 11.8 Å². The molecule has 0 saturated carbocycles. The van der Waals surface area contributed by atoms with Gasteiger partial charge in [0.15, 0.2) is 0 Å². The summed E-state index contributed by atoms with van der Waals surface area (Å²) in [6.07, 6.45) is 14.7. The molecule has 0 bridgehead atoms. The lowest BCUT2D eigenvalue weighted by Gasteiger charge is -2.00. The van der Waals surface area contributed by atoms with Gasteiger partial charge in [-0.1, -0.05) is 82.0 Å². The van der Waals surface area contributed by atoms with Crippen molar-refractivity contribution < 1.29 is 0 Å². The molecule has 2 unspecified atom stereocenters. The summed E-state index contributed by atoms with van der Waals surface area (Å²) in [5.74, 6) is 1.01. The fourth-order valence-corrected chi connectivity index (χ4v) is 2.09. The van der Waals surface area contributed by atoms with Crippen LogP contribution >= 0.6 is 0 Å². The third-order valence-electron chi connectivity index (χ3n) is 3.07. The Morgan fingerprint density at radius 2 is 1.56 bits per heavy atom. The molecule has 0 nitrogen and oxygen atoms in total. The van der Waals surface area contributed by atoms with E-state index in [-0.39, 0.29) is 7.43 Å². The molecule has 96 valence electrons. The number of allylic oxidation sites excluding steroid dienone is 4. The van der Waals surface area contributed by atoms with Crippen LogP contribution < -0.4 is 10.4 Å². The van der Waals surface area contributed by atoms with E-state index >= 15 is 0 Å². The Labute approximate surface area is 111 Å². The maximum Gasteiger partial charge on any atom is -0.00725 e. The fourth-order valence-electron chi connectivity index (χ4n) is 2.09. The lowest BCUT2D eigenvalue weighted by Crippen LogP contribution is -2.24. The maximum absolute atomic E-state index is 2.33. The van der Waals surface area contributed by atoms with Crippen molar-refractivity contribution in [3.63, 3.8) is 0 Å². The van der Waals surface area contributed by atoms with Crippen molar-refractivity contribution in [3.8, 4) is 0 Å². The van der Waals surface area contributed by atoms with Gasteiger partial charge in [0.1, 0.15) is 0 Å². The van der Waals surface area contributed by atoms with Gasteiger partial charge < -0.3 is 0 Å². The summed E-state index contributed by atoms with van der Waals surface area (Å²) < 4.78 is 0. The van der Waals surface area contributed by atoms with Gasteiger partial charge >= 0.3 is 0 Å². The molecular formula is C18H24. The first-order valence-corrected chi connectivity index (χ1v) is 6.38. The molecule has 0 heterocycles. The zero-order valence-corrected chi connectivity index (χ0v) is 10.6. The predicted molar refractivity (Wildman–Crippen MR) is 82.6 cm³/mol. The van der Waals surface area contributed by atoms with Crippen LogP contribution in [0.15, 0.2) is 48.6 Å². The lowest BCUT2D eigenvalue weighted by molar-refractivity contribution is 0.900. The summed E-state index contributed by atoms with van der Waals surface area (Å²) in [6.45, 7) is 4.46. The SMILES string of the molecule is C.CC1/C=C\C/C=c2/cccc/c2=C/C(C)/C=C\1. The van der Waals surface area contributed by atoms with E-state index in [9.17, 15) is 0 Å². The van der Waals surface area contributed by atoms with E-state index in [1.807, 2.05) is 0 Å². The van der Waals surface area contributed by atoms with Gasteiger partial charge in [-0.2, -0.15) is 0 Å². The minimum Gasteiger partial charge on any atom is -0.0841 e. The molecule has 18 heavy (non-hydrogen) atoms. The van der Waals surface area contributed by atoms with Crippen LogP contribution in [0.25, 0.3) is 12.2 Å². The van der Waals surface area contributed by atoms with E-state index in [0.29, 0.717) is 11.8 Å². The summed E-state index contributed by atoms with van der Waals surface area (Å²) in [5.41, 5.74) is 0. The highest BCUT2D eigenvalue weighted by molar-refractivity contribution is 5.36. The van der Waals surface area contributed by atoms with Crippen LogP contribution in [0.5, 0.6) is 0 Å². The second-order valence-corrected chi connectivity index (χ2v) is 4.77. The van der Waals surface area contributed by atoms with Gasteiger partial charge in [0.25, 0.3) is 0 Å². The zero-order chi connectivity index (χ0) is 12.1. The first-order chi connectivity index (χ1) is 8.25. The highest BCUT2D eigenvalue weighted by atomic mass is 14.0. The molecule has 2 rings (SSSR count). The van der Waals surface area contributed by atoms with Crippen molar-refractivity contribution in [1.29, 1.82) is 0 Å². The summed E-state index contributed by atoms with van der Waals surface area (Å²) in [5, 5.41) is 2.68. The van der Waals surface area contributed by atoms with Crippen molar-refractivity contribution in [1.82, 2.24) is 0 Å². The van der Waals surface area contributed by atoms with Crippen LogP contribution in [0.4, 0.5) is 0 Å². The molecule has 0 heteroatoms. The lowest BCUT2D eigenvalue weighted by atomic mass is 10.1. The quantitative estimate of drug-likeness (QED) is 0.607. The van der Waals surface area contributed by atoms with E-state index < -0.39 is 0 Å². The number of hydrogen-bond donors (Lipinski definition) is 0. The monoisotopic (exact) mass is 240 g/mol. The van der Waals surface area contributed by atoms with Crippen LogP contribution in [0.3, 0.4) is 0 Å². The molecule has 0 spiro atoms. The molecule has 0 aromatic heterocycles. The van der Waals surface area contributed by atoms with Gasteiger partial charge in [-0.25, -0.2) is 0 Å². The van der Waals surface area contributed by atoms with E-state index in [1.165, 1.54) is 10.4 Å². The van der Waals surface area contributed by atoms with Gasteiger partial charge in [0.05, 0.1) is 0 Å². The Bertz CT molecular complexity index is 531. The molecule has 0 radical (unpaired) electrons. The van der Waals surface area contributed by atoms with E-state index in [4.69, 9.17) is 0 Å². The number of hydrogen-bond acceptors (Lipinski definition) is 0. The van der Waals surface area contributed by atoms with Crippen LogP contribution in [-0.4, -0.2) is 0 Å². The number of fused-ring (bicyclic) bond motifs is 1. The van der Waals surface area contributed by atoms with Gasteiger partial charge in [0, 0.05) is 0 Å². The van der Waals surface area contributed by atoms with Gasteiger partial charge in [-0.15, -0.1) is 0 Å². The van der Waals surface area contributed by atoms with Crippen LogP contribution in [0.2, 0.25) is 0 Å². The van der Waals surface area contributed by atoms with E-state index in [1.54, 1.807) is 0 Å². The molecular weight excluding hydrogens is 216 g/mol. The Morgan fingerprint density at radius 3 is 2.33 bits per heavy atom. The van der Waals surface area contributed by atoms with E-state index in [2.05, 4.69) is 74.6 Å². The zero-order valence-electron chi connectivity index (χ0n) is 10.6. The minimum atomic E-state index is 0. The second-order valence-electron chi connectivity index (χ2n) is 4.77. The molecule has 0 aliphatic heterocycles. The molecule has 1 aromatic carbocycles. The second kappa shape index (κ2) is 7.00. The van der Waals surface area contributed by atoms with E-state index in [0.717, 1.165) is 6.42 Å². The third-order valence-corrected chi connectivity index (χ3v) is 3.07.